The zero-order valence-electron chi connectivity index (χ0n) is 13.6. The zero-order valence-corrected chi connectivity index (χ0v) is 14.5. The minimum Gasteiger partial charge on any atom is -0.357 e. The second kappa shape index (κ2) is 6.66. The smallest absolute Gasteiger partial charge is 0.151 e. The Morgan fingerprint density at radius 3 is 2.57 bits per heavy atom. The fourth-order valence-corrected chi connectivity index (χ4v) is 3.44. The van der Waals surface area contributed by atoms with E-state index in [0.29, 0.717) is 5.70 Å². The molecule has 0 aromatic heterocycles. The lowest BCUT2D eigenvalue weighted by Gasteiger charge is -2.17. The van der Waals surface area contributed by atoms with E-state index in [1.54, 1.807) is 0 Å². The molecule has 0 atom stereocenters. The number of carbonyl (C=O) groups excluding carboxylic acids is 1. The van der Waals surface area contributed by atoms with Crippen molar-refractivity contribution in [1.29, 1.82) is 0 Å². The van der Waals surface area contributed by atoms with Crippen LogP contribution in [-0.2, 0) is 24.2 Å². The lowest BCUT2D eigenvalue weighted by molar-refractivity contribution is 0.413. The molecule has 3 rings (SSSR count). The van der Waals surface area contributed by atoms with Crippen molar-refractivity contribution >= 4 is 24.3 Å². The number of benzene rings is 2. The molecule has 0 N–H and O–H groups in total. The number of thiol groups is 1. The van der Waals surface area contributed by atoms with Crippen molar-refractivity contribution in [2.45, 2.75) is 38.1 Å². The fourth-order valence-electron chi connectivity index (χ4n) is 3.29. The Bertz CT molecular complexity index is 773. The third-order valence-electron chi connectivity index (χ3n) is 4.72. The Kier molecular flexibility index (Phi) is 4.61. The summed E-state index contributed by atoms with van der Waals surface area (Å²) in [6, 6.07) is 12.4. The van der Waals surface area contributed by atoms with Crippen molar-refractivity contribution in [3.63, 3.8) is 0 Å². The first-order valence-electron chi connectivity index (χ1n) is 8.03. The van der Waals surface area contributed by atoms with E-state index < -0.39 is 0 Å². The molecule has 2 nitrogen and oxygen atoms in total. The second-order valence-corrected chi connectivity index (χ2v) is 6.53. The minimum absolute atomic E-state index is 0.705. The SMILES string of the molecule is CCc1ccc2c(c1C)CN(CCc1ccc(S)cc1)C2=C=O. The van der Waals surface area contributed by atoms with Gasteiger partial charge in [-0.25, -0.2) is 4.79 Å². The predicted molar refractivity (Wildman–Crippen MR) is 97.5 cm³/mol. The normalized spacial score (nSPS) is 13.2. The van der Waals surface area contributed by atoms with E-state index in [2.05, 4.69) is 61.6 Å². The summed E-state index contributed by atoms with van der Waals surface area (Å²) in [6.07, 6.45) is 1.93. The first-order valence-corrected chi connectivity index (χ1v) is 8.48. The monoisotopic (exact) mass is 323 g/mol. The molecule has 0 spiro atoms. The van der Waals surface area contributed by atoms with Crippen LogP contribution in [0.5, 0.6) is 0 Å². The molecule has 0 aliphatic carbocycles. The highest BCUT2D eigenvalue weighted by Crippen LogP contribution is 2.34. The molecule has 3 heteroatoms. The van der Waals surface area contributed by atoms with Gasteiger partial charge in [0.15, 0.2) is 5.94 Å². The highest BCUT2D eigenvalue weighted by Gasteiger charge is 2.26. The largest absolute Gasteiger partial charge is 0.357 e. The lowest BCUT2D eigenvalue weighted by atomic mass is 9.97. The molecule has 1 aliphatic heterocycles. The van der Waals surface area contributed by atoms with Gasteiger partial charge in [-0.1, -0.05) is 31.2 Å². The van der Waals surface area contributed by atoms with E-state index >= 15 is 0 Å². The molecule has 0 fully saturated rings. The molecule has 0 unspecified atom stereocenters. The van der Waals surface area contributed by atoms with Crippen LogP contribution in [0, 0.1) is 6.92 Å². The Morgan fingerprint density at radius 1 is 1.17 bits per heavy atom. The van der Waals surface area contributed by atoms with Crippen LogP contribution in [0.3, 0.4) is 0 Å². The molecule has 0 amide bonds. The fraction of sp³-hybridized carbons (Fsp3) is 0.300. The molecule has 1 aliphatic rings. The summed E-state index contributed by atoms with van der Waals surface area (Å²) in [5.41, 5.74) is 6.99. The molecule has 0 radical (unpaired) electrons. The summed E-state index contributed by atoms with van der Waals surface area (Å²) in [4.78, 5) is 14.6. The Hall–Kier alpha value is -1.96. The summed E-state index contributed by atoms with van der Waals surface area (Å²) < 4.78 is 0. The van der Waals surface area contributed by atoms with E-state index in [-0.39, 0.29) is 0 Å². The third kappa shape index (κ3) is 3.08. The molecule has 0 saturated carbocycles. The first kappa shape index (κ1) is 15.9. The molecule has 0 bridgehead atoms. The maximum Gasteiger partial charge on any atom is 0.151 e. The highest BCUT2D eigenvalue weighted by molar-refractivity contribution is 7.80. The molecule has 2 aromatic rings. The Morgan fingerprint density at radius 2 is 1.91 bits per heavy atom. The average Bonchev–Trinajstić information content (AvgIpc) is 2.93. The van der Waals surface area contributed by atoms with Crippen LogP contribution in [0.2, 0.25) is 0 Å². The molecule has 2 aromatic carbocycles. The number of aryl methyl sites for hydroxylation is 1. The summed E-state index contributed by atoms with van der Waals surface area (Å²) in [5, 5.41) is 0. The maximum absolute atomic E-state index is 11.5. The van der Waals surface area contributed by atoms with Crippen LogP contribution in [0.4, 0.5) is 0 Å². The van der Waals surface area contributed by atoms with Gasteiger partial charge >= 0.3 is 0 Å². The standard InChI is InChI=1S/C20H21NOS/c1-3-16-6-9-18-19(14(16)2)12-21(20(18)13-22)11-10-15-4-7-17(23)8-5-15/h4-9,23H,3,10-12H2,1-2H3. The number of hydrogen-bond acceptors (Lipinski definition) is 3. The van der Waals surface area contributed by atoms with Gasteiger partial charge in [0.05, 0.1) is 0 Å². The molecule has 23 heavy (non-hydrogen) atoms. The average molecular weight is 323 g/mol. The third-order valence-corrected chi connectivity index (χ3v) is 5.01. The van der Waals surface area contributed by atoms with Crippen molar-refractivity contribution < 1.29 is 4.79 Å². The number of rotatable bonds is 4. The van der Waals surface area contributed by atoms with Gasteiger partial charge in [0, 0.05) is 23.5 Å². The topological polar surface area (TPSA) is 20.3 Å². The van der Waals surface area contributed by atoms with Gasteiger partial charge in [-0.05, 0) is 54.2 Å². The van der Waals surface area contributed by atoms with Crippen molar-refractivity contribution in [1.82, 2.24) is 4.90 Å². The van der Waals surface area contributed by atoms with Crippen molar-refractivity contribution in [3.05, 3.63) is 64.2 Å². The van der Waals surface area contributed by atoms with Gasteiger partial charge in [0.2, 0.25) is 0 Å². The minimum atomic E-state index is 0.705. The summed E-state index contributed by atoms with van der Waals surface area (Å²) in [5.74, 6) is 2.16. The molecule has 0 saturated heterocycles. The maximum atomic E-state index is 11.5. The Balaban J connectivity index is 1.81. The van der Waals surface area contributed by atoms with Gasteiger partial charge in [-0.15, -0.1) is 12.6 Å². The van der Waals surface area contributed by atoms with Crippen LogP contribution in [0.15, 0.2) is 41.3 Å². The van der Waals surface area contributed by atoms with Crippen LogP contribution < -0.4 is 0 Å². The second-order valence-electron chi connectivity index (χ2n) is 6.02. The van der Waals surface area contributed by atoms with Gasteiger partial charge < -0.3 is 4.90 Å². The van der Waals surface area contributed by atoms with Gasteiger partial charge in [0.1, 0.15) is 5.70 Å². The van der Waals surface area contributed by atoms with Gasteiger partial charge in [0.25, 0.3) is 0 Å². The molecule has 1 heterocycles. The molecular formula is C20H21NOS. The highest BCUT2D eigenvalue weighted by atomic mass is 32.1. The van der Waals surface area contributed by atoms with E-state index in [0.717, 1.165) is 36.4 Å². The van der Waals surface area contributed by atoms with Crippen molar-refractivity contribution in [2.24, 2.45) is 0 Å². The number of hydrogen-bond donors (Lipinski definition) is 1. The van der Waals surface area contributed by atoms with Crippen molar-refractivity contribution in [2.75, 3.05) is 6.54 Å². The van der Waals surface area contributed by atoms with Gasteiger partial charge in [-0.3, -0.25) is 0 Å². The molecular weight excluding hydrogens is 302 g/mol. The van der Waals surface area contributed by atoms with Gasteiger partial charge in [-0.2, -0.15) is 0 Å². The van der Waals surface area contributed by atoms with Crippen LogP contribution in [0.25, 0.3) is 5.70 Å². The van der Waals surface area contributed by atoms with Crippen molar-refractivity contribution in [3.8, 4) is 0 Å². The van der Waals surface area contributed by atoms with E-state index in [1.807, 2.05) is 12.1 Å². The molecule has 118 valence electrons. The Labute approximate surface area is 143 Å². The summed E-state index contributed by atoms with van der Waals surface area (Å²) in [6.45, 7) is 5.97. The summed E-state index contributed by atoms with van der Waals surface area (Å²) >= 11 is 4.31. The summed E-state index contributed by atoms with van der Waals surface area (Å²) in [7, 11) is 0. The van der Waals surface area contributed by atoms with E-state index in [9.17, 15) is 4.79 Å². The first-order chi connectivity index (χ1) is 11.1. The quantitative estimate of drug-likeness (QED) is 0.676. The number of nitrogens with zero attached hydrogens (tertiary/aromatic N) is 1. The number of fused-ring (bicyclic) bond motifs is 1. The zero-order chi connectivity index (χ0) is 16.4. The van der Waals surface area contributed by atoms with Crippen LogP contribution >= 0.6 is 12.6 Å². The predicted octanol–water partition coefficient (Wildman–Crippen LogP) is 4.08. The van der Waals surface area contributed by atoms with Crippen LogP contribution in [-0.4, -0.2) is 17.4 Å². The van der Waals surface area contributed by atoms with E-state index in [1.165, 1.54) is 22.3 Å². The van der Waals surface area contributed by atoms with E-state index in [4.69, 9.17) is 0 Å². The lowest BCUT2D eigenvalue weighted by Crippen LogP contribution is -2.19. The van der Waals surface area contributed by atoms with Crippen LogP contribution in [0.1, 0.15) is 34.7 Å².